The predicted molar refractivity (Wildman–Crippen MR) is 112 cm³/mol. The zero-order valence-corrected chi connectivity index (χ0v) is 17.4. The molecule has 2 aliphatic heterocycles. The smallest absolute Gasteiger partial charge is 0.418 e. The first-order chi connectivity index (χ1) is 15.5. The zero-order chi connectivity index (χ0) is 23.8. The number of alkyl halides is 3. The van der Waals surface area contributed by atoms with Crippen molar-refractivity contribution in [2.45, 2.75) is 6.18 Å². The summed E-state index contributed by atoms with van der Waals surface area (Å²) in [7, 11) is -3.80. The number of nitrogens with zero attached hydrogens (tertiary/aromatic N) is 2. The molecule has 0 spiro atoms. The quantitative estimate of drug-likeness (QED) is 0.694. The molecule has 2 aliphatic rings. The maximum atomic E-state index is 13.7. The Labute approximate surface area is 185 Å². The number of rotatable bonds is 4. The van der Waals surface area contributed by atoms with Crippen molar-refractivity contribution in [3.63, 3.8) is 0 Å². The minimum Gasteiger partial charge on any atom is -0.459 e. The highest BCUT2D eigenvalue weighted by Gasteiger charge is 2.36. The summed E-state index contributed by atoms with van der Waals surface area (Å²) < 4.78 is 73.2. The minimum atomic E-state index is -4.87. The number of amidine groups is 1. The number of benzene rings is 1. The molecule has 1 aromatic carbocycles. The molecule has 1 aromatic heterocycles. The van der Waals surface area contributed by atoms with Crippen LogP contribution >= 0.6 is 0 Å². The maximum Gasteiger partial charge on any atom is 0.418 e. The molecule has 2 aromatic rings. The second-order valence-corrected chi connectivity index (χ2v) is 8.71. The molecule has 172 valence electrons. The third kappa shape index (κ3) is 4.82. The van der Waals surface area contributed by atoms with Crippen LogP contribution in [0.3, 0.4) is 0 Å². The van der Waals surface area contributed by atoms with Crippen LogP contribution in [-0.4, -0.2) is 43.3 Å². The van der Waals surface area contributed by atoms with Crippen molar-refractivity contribution in [3.8, 4) is 0 Å². The molecule has 9 nitrogen and oxygen atoms in total. The van der Waals surface area contributed by atoms with Crippen molar-refractivity contribution in [2.24, 2.45) is 4.40 Å². The largest absolute Gasteiger partial charge is 0.459 e. The van der Waals surface area contributed by atoms with Crippen LogP contribution in [0.15, 0.2) is 69.3 Å². The second kappa shape index (κ2) is 8.24. The van der Waals surface area contributed by atoms with Gasteiger partial charge in [0.05, 0.1) is 28.8 Å². The normalized spacial score (nSPS) is 17.0. The van der Waals surface area contributed by atoms with Gasteiger partial charge in [-0.3, -0.25) is 9.59 Å². The summed E-state index contributed by atoms with van der Waals surface area (Å²) in [5, 5.41) is 4.45. The summed E-state index contributed by atoms with van der Waals surface area (Å²) in [6.45, 7) is 0.0557. The summed E-state index contributed by atoms with van der Waals surface area (Å²) in [4.78, 5) is 26.2. The molecule has 2 N–H and O–H groups in total. The van der Waals surface area contributed by atoms with Gasteiger partial charge in [0, 0.05) is 18.4 Å². The van der Waals surface area contributed by atoms with E-state index in [9.17, 15) is 31.2 Å². The lowest BCUT2D eigenvalue weighted by molar-refractivity contribution is -0.136. The van der Waals surface area contributed by atoms with E-state index in [0.29, 0.717) is 6.07 Å². The molecular weight excluding hydrogens is 465 g/mol. The SMILES string of the molecule is O=C(Nc1ccc(NC(=O)c2ccco2)cc1C(F)(F)F)C1=CC=CN2CCS(=O)(=O)N=C12. The van der Waals surface area contributed by atoms with Crippen LogP contribution < -0.4 is 10.6 Å². The molecule has 0 aliphatic carbocycles. The van der Waals surface area contributed by atoms with Gasteiger partial charge in [0.15, 0.2) is 11.6 Å². The number of hydrogen-bond acceptors (Lipinski definition) is 6. The van der Waals surface area contributed by atoms with Gasteiger partial charge in [-0.2, -0.15) is 13.2 Å². The van der Waals surface area contributed by atoms with Gasteiger partial charge in [0.25, 0.3) is 21.8 Å². The Morgan fingerprint density at radius 2 is 1.91 bits per heavy atom. The Kier molecular flexibility index (Phi) is 5.57. The molecular formula is C20H15F3N4O5S. The standard InChI is InChI=1S/C20H15F3N4O5S/c21-20(22,23)14-11-12(24-19(29)16-4-2-9-32-16)5-6-15(14)25-18(28)13-3-1-7-27-8-10-33(30,31)26-17(13)27/h1-7,9,11H,8,10H2,(H,24,29)(H,25,28). The topological polar surface area (TPSA) is 121 Å². The highest BCUT2D eigenvalue weighted by molar-refractivity contribution is 7.90. The summed E-state index contributed by atoms with van der Waals surface area (Å²) in [5.74, 6) is -2.24. The first-order valence-electron chi connectivity index (χ1n) is 9.39. The number of anilines is 2. The molecule has 0 saturated carbocycles. The lowest BCUT2D eigenvalue weighted by atomic mass is 10.1. The van der Waals surface area contributed by atoms with Crippen molar-refractivity contribution < 1.29 is 35.6 Å². The van der Waals surface area contributed by atoms with E-state index < -0.39 is 39.3 Å². The Morgan fingerprint density at radius 1 is 1.12 bits per heavy atom. The van der Waals surface area contributed by atoms with Crippen LogP contribution in [0.2, 0.25) is 0 Å². The average Bonchev–Trinajstić information content (AvgIpc) is 3.28. The first-order valence-corrected chi connectivity index (χ1v) is 11.0. The van der Waals surface area contributed by atoms with Crippen LogP contribution in [0.1, 0.15) is 16.1 Å². The summed E-state index contributed by atoms with van der Waals surface area (Å²) >= 11 is 0. The number of amides is 2. The second-order valence-electron chi connectivity index (χ2n) is 6.96. The highest BCUT2D eigenvalue weighted by atomic mass is 32.2. The Bertz CT molecular complexity index is 1310. The van der Waals surface area contributed by atoms with E-state index in [1.165, 1.54) is 47.7 Å². The fourth-order valence-corrected chi connectivity index (χ4v) is 4.13. The third-order valence-electron chi connectivity index (χ3n) is 4.68. The monoisotopic (exact) mass is 480 g/mol. The van der Waals surface area contributed by atoms with Gasteiger partial charge in [0.2, 0.25) is 0 Å². The molecule has 4 rings (SSSR count). The Balaban J connectivity index is 1.61. The van der Waals surface area contributed by atoms with Crippen LogP contribution in [0.4, 0.5) is 24.5 Å². The fraction of sp³-hybridized carbons (Fsp3) is 0.150. The number of fused-ring (bicyclic) bond motifs is 1. The predicted octanol–water partition coefficient (Wildman–Crippen LogP) is 2.99. The number of carbonyl (C=O) groups excluding carboxylic acids is 2. The summed E-state index contributed by atoms with van der Waals surface area (Å²) in [6.07, 6.45) is 0.613. The van der Waals surface area contributed by atoms with Gasteiger partial charge in [-0.15, -0.1) is 4.40 Å². The molecule has 0 atom stereocenters. The van der Waals surface area contributed by atoms with E-state index in [0.717, 1.165) is 6.07 Å². The van der Waals surface area contributed by atoms with Gasteiger partial charge >= 0.3 is 6.18 Å². The summed E-state index contributed by atoms with van der Waals surface area (Å²) in [5.41, 5.74) is -2.17. The lowest BCUT2D eigenvalue weighted by Crippen LogP contribution is -2.41. The van der Waals surface area contributed by atoms with Crippen LogP contribution in [0, 0.1) is 0 Å². The number of allylic oxidation sites excluding steroid dienone is 2. The summed E-state index contributed by atoms with van der Waals surface area (Å²) in [6, 6.07) is 5.62. The number of carbonyl (C=O) groups is 2. The maximum absolute atomic E-state index is 13.7. The van der Waals surface area contributed by atoms with Crippen LogP contribution in [0.5, 0.6) is 0 Å². The first kappa shape index (κ1) is 22.3. The molecule has 2 amide bonds. The number of sulfonamides is 1. The Morgan fingerprint density at radius 3 is 2.61 bits per heavy atom. The zero-order valence-electron chi connectivity index (χ0n) is 16.6. The number of hydrogen-bond donors (Lipinski definition) is 2. The van der Waals surface area contributed by atoms with E-state index in [-0.39, 0.29) is 35.2 Å². The number of furan rings is 1. The molecule has 3 heterocycles. The number of nitrogens with one attached hydrogen (secondary N) is 2. The number of halogens is 3. The van der Waals surface area contributed by atoms with E-state index in [1.54, 1.807) is 0 Å². The molecule has 0 saturated heterocycles. The Hall–Kier alpha value is -3.87. The van der Waals surface area contributed by atoms with E-state index in [2.05, 4.69) is 15.0 Å². The van der Waals surface area contributed by atoms with Crippen molar-refractivity contribution in [1.82, 2.24) is 4.90 Å². The van der Waals surface area contributed by atoms with Crippen molar-refractivity contribution >= 4 is 39.0 Å². The van der Waals surface area contributed by atoms with Crippen molar-refractivity contribution in [3.05, 3.63) is 71.8 Å². The van der Waals surface area contributed by atoms with Gasteiger partial charge in [0.1, 0.15) is 0 Å². The van der Waals surface area contributed by atoms with Crippen LogP contribution in [-0.2, 0) is 21.0 Å². The minimum absolute atomic E-state index is 0.0557. The highest BCUT2D eigenvalue weighted by Crippen LogP contribution is 2.37. The van der Waals surface area contributed by atoms with E-state index >= 15 is 0 Å². The van der Waals surface area contributed by atoms with Gasteiger partial charge in [-0.1, -0.05) is 0 Å². The van der Waals surface area contributed by atoms with Gasteiger partial charge < -0.3 is 20.0 Å². The third-order valence-corrected chi connectivity index (χ3v) is 5.83. The molecule has 0 bridgehead atoms. The molecule has 13 heteroatoms. The van der Waals surface area contributed by atoms with Crippen LogP contribution in [0.25, 0.3) is 0 Å². The fourth-order valence-electron chi connectivity index (χ4n) is 3.15. The van der Waals surface area contributed by atoms with Crippen molar-refractivity contribution in [1.29, 1.82) is 0 Å². The van der Waals surface area contributed by atoms with Crippen molar-refractivity contribution in [2.75, 3.05) is 22.9 Å². The van der Waals surface area contributed by atoms with E-state index in [4.69, 9.17) is 4.42 Å². The average molecular weight is 480 g/mol. The molecule has 0 fully saturated rings. The molecule has 0 unspecified atom stereocenters. The lowest BCUT2D eigenvalue weighted by Gasteiger charge is -2.28. The molecule has 0 radical (unpaired) electrons. The van der Waals surface area contributed by atoms with E-state index in [1.807, 2.05) is 0 Å². The van der Waals surface area contributed by atoms with Gasteiger partial charge in [-0.25, -0.2) is 8.42 Å². The molecule has 33 heavy (non-hydrogen) atoms. The van der Waals surface area contributed by atoms with Gasteiger partial charge in [-0.05, 0) is 42.5 Å².